The SMILES string of the molecule is CCCCCCCCCC/C=C\CCCCCCCCCCCCCCCC(=O)NC(COP(=O)([O-])OCC[N+](C)(C)C)C(O)CCCCCCCCCCC. The lowest BCUT2D eigenvalue weighted by Gasteiger charge is -2.30. The van der Waals surface area contributed by atoms with Gasteiger partial charge in [0.1, 0.15) is 13.2 Å². The fraction of sp³-hybridized carbons (Fsp3) is 0.936. The van der Waals surface area contributed by atoms with E-state index >= 15 is 0 Å². The van der Waals surface area contributed by atoms with Crippen molar-refractivity contribution in [1.82, 2.24) is 5.32 Å². The minimum Gasteiger partial charge on any atom is -0.756 e. The number of amides is 1. The molecule has 0 heterocycles. The van der Waals surface area contributed by atoms with Gasteiger partial charge in [0.25, 0.3) is 7.82 Å². The van der Waals surface area contributed by atoms with Crippen molar-refractivity contribution in [2.45, 2.75) is 244 Å². The summed E-state index contributed by atoms with van der Waals surface area (Å²) in [5.74, 6) is -0.165. The van der Waals surface area contributed by atoms with Gasteiger partial charge in [-0.3, -0.25) is 9.36 Å². The Kier molecular flexibility index (Phi) is 39.1. The average molecular weight is 815 g/mol. The number of aliphatic hydroxyl groups excluding tert-OH is 1. The topological polar surface area (TPSA) is 108 Å². The number of phosphoric acid groups is 1. The number of likely N-dealkylation sites (N-methyl/N-ethyl adjacent to an activating group) is 1. The molecule has 0 aliphatic rings. The third-order valence-electron chi connectivity index (χ3n) is 11.0. The highest BCUT2D eigenvalue weighted by atomic mass is 31.2. The van der Waals surface area contributed by atoms with E-state index in [4.69, 9.17) is 9.05 Å². The fourth-order valence-electron chi connectivity index (χ4n) is 7.15. The molecule has 9 heteroatoms. The molecule has 0 fully saturated rings. The Morgan fingerprint density at radius 1 is 0.607 bits per heavy atom. The van der Waals surface area contributed by atoms with E-state index in [2.05, 4.69) is 31.3 Å². The summed E-state index contributed by atoms with van der Waals surface area (Å²) in [4.78, 5) is 25.3. The molecular formula is C47H95N2O6P. The number of unbranched alkanes of at least 4 members (excludes halogenated alkanes) is 29. The number of nitrogens with one attached hydrogen (secondary N) is 1. The molecule has 0 aliphatic heterocycles. The Bertz CT molecular complexity index is 927. The van der Waals surface area contributed by atoms with E-state index in [1.54, 1.807) is 0 Å². The van der Waals surface area contributed by atoms with Gasteiger partial charge in [-0.2, -0.15) is 0 Å². The highest BCUT2D eigenvalue weighted by Crippen LogP contribution is 2.38. The lowest BCUT2D eigenvalue weighted by molar-refractivity contribution is -0.870. The van der Waals surface area contributed by atoms with Gasteiger partial charge in [0.2, 0.25) is 5.91 Å². The Morgan fingerprint density at radius 3 is 1.39 bits per heavy atom. The van der Waals surface area contributed by atoms with Crippen LogP contribution in [0.4, 0.5) is 0 Å². The summed E-state index contributed by atoms with van der Waals surface area (Å²) in [7, 11) is 1.31. The van der Waals surface area contributed by atoms with Gasteiger partial charge in [-0.1, -0.05) is 199 Å². The molecule has 334 valence electrons. The number of carbonyl (C=O) groups excluding carboxylic acids is 1. The predicted molar refractivity (Wildman–Crippen MR) is 238 cm³/mol. The van der Waals surface area contributed by atoms with Crippen molar-refractivity contribution in [1.29, 1.82) is 0 Å². The number of rotatable bonds is 44. The van der Waals surface area contributed by atoms with Crippen LogP contribution in [0, 0.1) is 0 Å². The quantitative estimate of drug-likeness (QED) is 0.0274. The van der Waals surface area contributed by atoms with E-state index in [0.717, 1.165) is 38.5 Å². The van der Waals surface area contributed by atoms with Crippen molar-refractivity contribution in [3.63, 3.8) is 0 Å². The Labute approximate surface area is 348 Å². The predicted octanol–water partition coefficient (Wildman–Crippen LogP) is 12.9. The highest BCUT2D eigenvalue weighted by Gasteiger charge is 2.24. The minimum absolute atomic E-state index is 0.0141. The van der Waals surface area contributed by atoms with Crippen molar-refractivity contribution in [3.8, 4) is 0 Å². The second-order valence-corrected chi connectivity index (χ2v) is 19.2. The molecule has 0 saturated carbocycles. The number of phosphoric ester groups is 1. The second-order valence-electron chi connectivity index (χ2n) is 17.8. The summed E-state index contributed by atoms with van der Waals surface area (Å²) < 4.78 is 23.2. The van der Waals surface area contributed by atoms with Gasteiger partial charge >= 0.3 is 0 Å². The second kappa shape index (κ2) is 39.7. The number of hydrogen-bond donors (Lipinski definition) is 2. The Morgan fingerprint density at radius 2 is 0.982 bits per heavy atom. The maximum atomic E-state index is 12.9. The zero-order chi connectivity index (χ0) is 41.4. The number of nitrogens with zero attached hydrogens (tertiary/aromatic N) is 1. The summed E-state index contributed by atoms with van der Waals surface area (Å²) in [6, 6.07) is -0.794. The van der Waals surface area contributed by atoms with Crippen LogP contribution in [0.3, 0.4) is 0 Å². The molecule has 3 atom stereocenters. The molecule has 0 aromatic rings. The number of hydrogen-bond acceptors (Lipinski definition) is 6. The first kappa shape index (κ1) is 55.2. The molecule has 8 nitrogen and oxygen atoms in total. The largest absolute Gasteiger partial charge is 0.756 e. The van der Waals surface area contributed by atoms with Gasteiger partial charge in [-0.05, 0) is 38.5 Å². The van der Waals surface area contributed by atoms with Gasteiger partial charge < -0.3 is 28.8 Å². The van der Waals surface area contributed by atoms with Crippen molar-refractivity contribution in [3.05, 3.63) is 12.2 Å². The Balaban J connectivity index is 4.07. The van der Waals surface area contributed by atoms with E-state index in [1.807, 2.05) is 21.1 Å². The molecule has 3 unspecified atom stereocenters. The van der Waals surface area contributed by atoms with Crippen LogP contribution in [-0.2, 0) is 18.4 Å². The monoisotopic (exact) mass is 815 g/mol. The van der Waals surface area contributed by atoms with E-state index < -0.39 is 20.0 Å². The summed E-state index contributed by atoms with van der Waals surface area (Å²) >= 11 is 0. The molecular weight excluding hydrogens is 719 g/mol. The number of aliphatic hydroxyl groups is 1. The van der Waals surface area contributed by atoms with Gasteiger partial charge in [0, 0.05) is 6.42 Å². The average Bonchev–Trinajstić information content (AvgIpc) is 3.15. The van der Waals surface area contributed by atoms with Crippen molar-refractivity contribution in [2.75, 3.05) is 40.9 Å². The van der Waals surface area contributed by atoms with Crippen LogP contribution >= 0.6 is 7.82 Å². The first-order chi connectivity index (χ1) is 27.0. The molecule has 0 rings (SSSR count). The van der Waals surface area contributed by atoms with Gasteiger partial charge in [-0.25, -0.2) is 0 Å². The number of quaternary nitrogens is 1. The van der Waals surface area contributed by atoms with Gasteiger partial charge in [0.05, 0.1) is 39.9 Å². The number of carbonyl (C=O) groups is 1. The van der Waals surface area contributed by atoms with Crippen LogP contribution < -0.4 is 10.2 Å². The normalized spacial score (nSPS) is 14.3. The molecule has 0 spiro atoms. The summed E-state index contributed by atoms with van der Waals surface area (Å²) in [6.07, 6.45) is 45.2. The van der Waals surface area contributed by atoms with Crippen LogP contribution in [0.25, 0.3) is 0 Å². The third kappa shape index (κ3) is 41.4. The molecule has 56 heavy (non-hydrogen) atoms. The summed E-state index contributed by atoms with van der Waals surface area (Å²) in [5.41, 5.74) is 0. The van der Waals surface area contributed by atoms with Crippen molar-refractivity contribution < 1.29 is 32.9 Å². The van der Waals surface area contributed by atoms with Crippen LogP contribution in [0.2, 0.25) is 0 Å². The molecule has 0 aliphatic carbocycles. The number of allylic oxidation sites excluding steroid dienone is 2. The standard InChI is InChI=1S/C47H95N2O6P/c1-6-8-10-12-14-16-17-18-19-20-21-22-23-24-25-26-27-28-29-30-31-33-35-37-39-41-47(51)48-45(44-55-56(52,53)54-43-42-49(3,4)5)46(50)40-38-36-34-32-15-13-11-9-7-2/h20-21,45-46,50H,6-19,22-44H2,1-5H3,(H-,48,51,52,53)/b21-20-. The van der Waals surface area contributed by atoms with E-state index in [-0.39, 0.29) is 19.1 Å². The molecule has 1 amide bonds. The smallest absolute Gasteiger partial charge is 0.268 e. The maximum absolute atomic E-state index is 12.9. The first-order valence-electron chi connectivity index (χ1n) is 24.0. The zero-order valence-corrected chi connectivity index (χ0v) is 38.7. The third-order valence-corrected chi connectivity index (χ3v) is 12.0. The van der Waals surface area contributed by atoms with Gasteiger partial charge in [0.15, 0.2) is 0 Å². The van der Waals surface area contributed by atoms with Crippen molar-refractivity contribution >= 4 is 13.7 Å². The van der Waals surface area contributed by atoms with E-state index in [9.17, 15) is 19.4 Å². The lowest BCUT2D eigenvalue weighted by atomic mass is 10.0. The molecule has 2 N–H and O–H groups in total. The Hall–Kier alpha value is -0.760. The molecule has 0 aromatic heterocycles. The molecule has 0 saturated heterocycles. The van der Waals surface area contributed by atoms with E-state index in [0.29, 0.717) is 23.9 Å². The minimum atomic E-state index is -4.55. The highest BCUT2D eigenvalue weighted by molar-refractivity contribution is 7.45. The van der Waals surface area contributed by atoms with E-state index in [1.165, 1.54) is 167 Å². The molecule has 0 radical (unpaired) electrons. The first-order valence-corrected chi connectivity index (χ1v) is 25.5. The van der Waals surface area contributed by atoms with Crippen LogP contribution in [-0.4, -0.2) is 68.5 Å². The summed E-state index contributed by atoms with van der Waals surface area (Å²) in [5, 5.41) is 13.9. The van der Waals surface area contributed by atoms with Gasteiger partial charge in [-0.15, -0.1) is 0 Å². The maximum Gasteiger partial charge on any atom is 0.268 e. The van der Waals surface area contributed by atoms with Crippen LogP contribution in [0.1, 0.15) is 232 Å². The summed E-state index contributed by atoms with van der Waals surface area (Å²) in [6.45, 7) is 4.71. The zero-order valence-electron chi connectivity index (χ0n) is 37.9. The van der Waals surface area contributed by atoms with Crippen LogP contribution in [0.5, 0.6) is 0 Å². The lowest BCUT2D eigenvalue weighted by Crippen LogP contribution is -2.46. The van der Waals surface area contributed by atoms with Crippen LogP contribution in [0.15, 0.2) is 12.2 Å². The molecule has 0 bridgehead atoms. The molecule has 0 aromatic carbocycles. The fourth-order valence-corrected chi connectivity index (χ4v) is 7.88. The van der Waals surface area contributed by atoms with Crippen molar-refractivity contribution in [2.24, 2.45) is 0 Å².